The Morgan fingerprint density at radius 1 is 1.22 bits per heavy atom. The third-order valence-electron chi connectivity index (χ3n) is 4.05. The van der Waals surface area contributed by atoms with Gasteiger partial charge in [0.25, 0.3) is 0 Å². The Morgan fingerprint density at radius 2 is 1.96 bits per heavy atom. The van der Waals surface area contributed by atoms with Gasteiger partial charge >= 0.3 is 6.03 Å². The molecule has 0 saturated carbocycles. The van der Waals surface area contributed by atoms with Gasteiger partial charge in [0.15, 0.2) is 0 Å². The van der Waals surface area contributed by atoms with Gasteiger partial charge in [0.2, 0.25) is 5.91 Å². The zero-order chi connectivity index (χ0) is 16.7. The summed E-state index contributed by atoms with van der Waals surface area (Å²) in [5.74, 6) is 0.414. The average Bonchev–Trinajstić information content (AvgIpc) is 2.58. The maximum absolute atomic E-state index is 12.3. The molecule has 1 aromatic carbocycles. The molecule has 0 aromatic heterocycles. The molecule has 1 aromatic rings. The summed E-state index contributed by atoms with van der Waals surface area (Å²) >= 11 is 0. The Hall–Kier alpha value is -2.04. The van der Waals surface area contributed by atoms with Crippen molar-refractivity contribution in [3.05, 3.63) is 35.9 Å². The number of piperidine rings is 1. The first-order valence-electron chi connectivity index (χ1n) is 8.40. The van der Waals surface area contributed by atoms with E-state index in [0.29, 0.717) is 32.1 Å². The fourth-order valence-electron chi connectivity index (χ4n) is 2.71. The van der Waals surface area contributed by atoms with Crippen LogP contribution in [0.5, 0.6) is 0 Å². The van der Waals surface area contributed by atoms with Gasteiger partial charge in [0.05, 0.1) is 5.92 Å². The fraction of sp³-hybridized carbons (Fsp3) is 0.556. The van der Waals surface area contributed by atoms with Gasteiger partial charge in [0, 0.05) is 26.2 Å². The molecule has 2 N–H and O–H groups in total. The van der Waals surface area contributed by atoms with Crippen molar-refractivity contribution in [1.82, 2.24) is 15.5 Å². The van der Waals surface area contributed by atoms with Gasteiger partial charge in [-0.25, -0.2) is 4.79 Å². The van der Waals surface area contributed by atoms with Crippen LogP contribution in [0.3, 0.4) is 0 Å². The van der Waals surface area contributed by atoms with Crippen molar-refractivity contribution in [3.63, 3.8) is 0 Å². The molecule has 5 heteroatoms. The minimum absolute atomic E-state index is 0.0688. The van der Waals surface area contributed by atoms with E-state index in [1.807, 2.05) is 30.3 Å². The first-order valence-corrected chi connectivity index (χ1v) is 8.40. The summed E-state index contributed by atoms with van der Waals surface area (Å²) in [5.41, 5.74) is 1.07. The lowest BCUT2D eigenvalue weighted by molar-refractivity contribution is -0.126. The van der Waals surface area contributed by atoms with E-state index in [9.17, 15) is 9.59 Å². The van der Waals surface area contributed by atoms with Gasteiger partial charge in [-0.2, -0.15) is 0 Å². The van der Waals surface area contributed by atoms with Gasteiger partial charge in [-0.05, 0) is 24.3 Å². The number of nitrogens with one attached hydrogen (secondary N) is 2. The summed E-state index contributed by atoms with van der Waals surface area (Å²) in [6.45, 7) is 6.57. The summed E-state index contributed by atoms with van der Waals surface area (Å²) in [7, 11) is 0. The van der Waals surface area contributed by atoms with Crippen molar-refractivity contribution in [3.8, 4) is 0 Å². The molecule has 1 saturated heterocycles. The predicted octanol–water partition coefficient (Wildman–Crippen LogP) is 2.38. The number of carbonyl (C=O) groups is 2. The van der Waals surface area contributed by atoms with E-state index < -0.39 is 0 Å². The minimum Gasteiger partial charge on any atom is -0.356 e. The van der Waals surface area contributed by atoms with Crippen LogP contribution in [0.25, 0.3) is 0 Å². The van der Waals surface area contributed by atoms with Crippen LogP contribution in [0.2, 0.25) is 0 Å². The predicted molar refractivity (Wildman–Crippen MR) is 90.8 cm³/mol. The van der Waals surface area contributed by atoms with E-state index in [-0.39, 0.29) is 17.9 Å². The average molecular weight is 317 g/mol. The molecule has 1 atom stereocenters. The highest BCUT2D eigenvalue weighted by atomic mass is 16.2. The normalized spacial score (nSPS) is 17.9. The molecule has 3 amide bonds. The SMILES string of the molecule is CC(C)CNC(=O)[C@H]1CCCN(C(=O)NCc2ccccc2)C1. The Balaban J connectivity index is 1.80. The van der Waals surface area contributed by atoms with Gasteiger partial charge in [-0.3, -0.25) is 4.79 Å². The van der Waals surface area contributed by atoms with Gasteiger partial charge in [-0.1, -0.05) is 44.2 Å². The Labute approximate surface area is 138 Å². The zero-order valence-corrected chi connectivity index (χ0v) is 14.0. The topological polar surface area (TPSA) is 61.4 Å². The number of amides is 3. The summed E-state index contributed by atoms with van der Waals surface area (Å²) in [4.78, 5) is 26.2. The summed E-state index contributed by atoms with van der Waals surface area (Å²) < 4.78 is 0. The first-order chi connectivity index (χ1) is 11.1. The van der Waals surface area contributed by atoms with Crippen molar-refractivity contribution in [2.45, 2.75) is 33.2 Å². The summed E-state index contributed by atoms with van der Waals surface area (Å²) in [6.07, 6.45) is 1.73. The van der Waals surface area contributed by atoms with E-state index in [2.05, 4.69) is 24.5 Å². The number of hydrogen-bond donors (Lipinski definition) is 2. The van der Waals surface area contributed by atoms with Crippen LogP contribution in [-0.2, 0) is 11.3 Å². The van der Waals surface area contributed by atoms with E-state index in [1.165, 1.54) is 0 Å². The highest BCUT2D eigenvalue weighted by Crippen LogP contribution is 2.17. The molecule has 1 aliphatic rings. The molecule has 1 heterocycles. The van der Waals surface area contributed by atoms with E-state index in [0.717, 1.165) is 18.4 Å². The number of nitrogens with zero attached hydrogens (tertiary/aromatic N) is 1. The number of rotatable bonds is 5. The monoisotopic (exact) mass is 317 g/mol. The maximum Gasteiger partial charge on any atom is 0.317 e. The first kappa shape index (κ1) is 17.3. The molecule has 23 heavy (non-hydrogen) atoms. The molecule has 1 fully saturated rings. The Bertz CT molecular complexity index is 516. The van der Waals surface area contributed by atoms with Crippen LogP contribution in [0, 0.1) is 11.8 Å². The van der Waals surface area contributed by atoms with Crippen molar-refractivity contribution in [2.75, 3.05) is 19.6 Å². The molecule has 0 unspecified atom stereocenters. The number of likely N-dealkylation sites (tertiary alicyclic amines) is 1. The molecular weight excluding hydrogens is 290 g/mol. The molecule has 5 nitrogen and oxygen atoms in total. The highest BCUT2D eigenvalue weighted by molar-refractivity contribution is 5.80. The van der Waals surface area contributed by atoms with E-state index in [1.54, 1.807) is 4.90 Å². The lowest BCUT2D eigenvalue weighted by Gasteiger charge is -2.32. The Morgan fingerprint density at radius 3 is 2.65 bits per heavy atom. The molecule has 126 valence electrons. The number of urea groups is 1. The van der Waals surface area contributed by atoms with Crippen molar-refractivity contribution < 1.29 is 9.59 Å². The second-order valence-corrected chi connectivity index (χ2v) is 6.57. The fourth-order valence-corrected chi connectivity index (χ4v) is 2.71. The second kappa shape index (κ2) is 8.56. The molecule has 0 aliphatic carbocycles. The molecular formula is C18H27N3O2. The minimum atomic E-state index is -0.0926. The lowest BCUT2D eigenvalue weighted by atomic mass is 9.97. The zero-order valence-electron chi connectivity index (χ0n) is 14.0. The van der Waals surface area contributed by atoms with Crippen LogP contribution < -0.4 is 10.6 Å². The number of carbonyl (C=O) groups excluding carboxylic acids is 2. The van der Waals surface area contributed by atoms with Crippen LogP contribution in [-0.4, -0.2) is 36.5 Å². The second-order valence-electron chi connectivity index (χ2n) is 6.57. The molecule has 1 aliphatic heterocycles. The highest BCUT2D eigenvalue weighted by Gasteiger charge is 2.28. The number of benzene rings is 1. The number of hydrogen-bond acceptors (Lipinski definition) is 2. The molecule has 0 bridgehead atoms. The van der Waals surface area contributed by atoms with Gasteiger partial charge in [0.1, 0.15) is 0 Å². The van der Waals surface area contributed by atoms with E-state index in [4.69, 9.17) is 0 Å². The quantitative estimate of drug-likeness (QED) is 0.876. The summed E-state index contributed by atoms with van der Waals surface area (Å²) in [6, 6.07) is 9.75. The van der Waals surface area contributed by atoms with Crippen LogP contribution in [0.15, 0.2) is 30.3 Å². The standard InChI is InChI=1S/C18H27N3O2/c1-14(2)11-19-17(22)16-9-6-10-21(13-16)18(23)20-12-15-7-4-3-5-8-15/h3-5,7-8,14,16H,6,9-13H2,1-2H3,(H,19,22)(H,20,23)/t16-/m0/s1. The third kappa shape index (κ3) is 5.58. The third-order valence-corrected chi connectivity index (χ3v) is 4.05. The van der Waals surface area contributed by atoms with Crippen molar-refractivity contribution in [1.29, 1.82) is 0 Å². The lowest BCUT2D eigenvalue weighted by Crippen LogP contribution is -2.49. The van der Waals surface area contributed by atoms with Crippen LogP contribution in [0.4, 0.5) is 4.79 Å². The molecule has 0 radical (unpaired) electrons. The van der Waals surface area contributed by atoms with Crippen molar-refractivity contribution >= 4 is 11.9 Å². The summed E-state index contributed by atoms with van der Waals surface area (Å²) in [5, 5.41) is 5.91. The van der Waals surface area contributed by atoms with Gasteiger partial charge < -0.3 is 15.5 Å². The molecule has 0 spiro atoms. The van der Waals surface area contributed by atoms with Crippen LogP contribution in [0.1, 0.15) is 32.3 Å². The van der Waals surface area contributed by atoms with Gasteiger partial charge in [-0.15, -0.1) is 0 Å². The largest absolute Gasteiger partial charge is 0.356 e. The van der Waals surface area contributed by atoms with Crippen LogP contribution >= 0.6 is 0 Å². The maximum atomic E-state index is 12.3. The molecule has 2 rings (SSSR count). The Kier molecular flexibility index (Phi) is 6.44. The van der Waals surface area contributed by atoms with Crippen molar-refractivity contribution in [2.24, 2.45) is 11.8 Å². The smallest absolute Gasteiger partial charge is 0.317 e. The van der Waals surface area contributed by atoms with E-state index >= 15 is 0 Å².